The molecule has 1 aromatic carbocycles. The van der Waals surface area contributed by atoms with E-state index in [0.717, 1.165) is 5.02 Å². The van der Waals surface area contributed by atoms with Gasteiger partial charge in [-0.05, 0) is 43.2 Å². The van der Waals surface area contributed by atoms with Gasteiger partial charge in [0.15, 0.2) is 0 Å². The lowest BCUT2D eigenvalue weighted by Gasteiger charge is -2.29. The van der Waals surface area contributed by atoms with Crippen molar-refractivity contribution >= 4 is 11.6 Å². The Hall–Kier alpha value is -0.530. The second kappa shape index (κ2) is 5.88. The second-order valence-corrected chi connectivity index (χ2v) is 5.70. The van der Waals surface area contributed by atoms with Gasteiger partial charge in [-0.1, -0.05) is 49.1 Å². The molecule has 94 valence electrons. The van der Waals surface area contributed by atoms with E-state index in [9.17, 15) is 0 Å². The zero-order chi connectivity index (χ0) is 12.3. The minimum atomic E-state index is 0.259. The molecule has 2 rings (SSSR count). The van der Waals surface area contributed by atoms with Gasteiger partial charge in [0.25, 0.3) is 0 Å². The van der Waals surface area contributed by atoms with Crippen LogP contribution < -0.4 is 5.73 Å². The highest BCUT2D eigenvalue weighted by molar-refractivity contribution is 6.31. The Bertz CT molecular complexity index is 362. The molecule has 0 bridgehead atoms. The van der Waals surface area contributed by atoms with Crippen molar-refractivity contribution in [3.63, 3.8) is 0 Å². The largest absolute Gasteiger partial charge is 0.328 e. The maximum absolute atomic E-state index is 6.34. The first-order chi connectivity index (χ1) is 8.20. The molecule has 1 aliphatic carbocycles. The van der Waals surface area contributed by atoms with E-state index in [-0.39, 0.29) is 6.04 Å². The first kappa shape index (κ1) is 12.9. The summed E-state index contributed by atoms with van der Waals surface area (Å²) in [4.78, 5) is 0. The van der Waals surface area contributed by atoms with Gasteiger partial charge in [-0.3, -0.25) is 0 Å². The van der Waals surface area contributed by atoms with Gasteiger partial charge in [-0.2, -0.15) is 0 Å². The molecule has 0 aliphatic heterocycles. The third-order valence-electron chi connectivity index (χ3n) is 4.05. The Morgan fingerprint density at radius 3 is 2.59 bits per heavy atom. The molecular weight excluding hydrogens is 230 g/mol. The molecule has 0 radical (unpaired) electrons. The standard InChI is InChI=1S/C15H22ClN/c1-11(17)12-7-3-2-4-8-13(12)14-9-5-6-10-15(14)16/h5-6,9-13H,2-4,7-8,17H2,1H3. The topological polar surface area (TPSA) is 26.0 Å². The fourth-order valence-electron chi connectivity index (χ4n) is 3.13. The van der Waals surface area contributed by atoms with Gasteiger partial charge in [-0.25, -0.2) is 0 Å². The molecule has 0 heterocycles. The van der Waals surface area contributed by atoms with Gasteiger partial charge in [0.1, 0.15) is 0 Å². The number of rotatable bonds is 2. The van der Waals surface area contributed by atoms with Crippen LogP contribution in [0, 0.1) is 5.92 Å². The summed E-state index contributed by atoms with van der Waals surface area (Å²) < 4.78 is 0. The van der Waals surface area contributed by atoms with Crippen molar-refractivity contribution in [3.8, 4) is 0 Å². The average Bonchev–Trinajstić information content (AvgIpc) is 2.55. The zero-order valence-electron chi connectivity index (χ0n) is 10.5. The monoisotopic (exact) mass is 251 g/mol. The van der Waals surface area contributed by atoms with Crippen LogP contribution in [0.25, 0.3) is 0 Å². The summed E-state index contributed by atoms with van der Waals surface area (Å²) in [7, 11) is 0. The zero-order valence-corrected chi connectivity index (χ0v) is 11.3. The van der Waals surface area contributed by atoms with Crippen molar-refractivity contribution in [1.82, 2.24) is 0 Å². The van der Waals surface area contributed by atoms with Crippen molar-refractivity contribution in [2.45, 2.75) is 51.0 Å². The van der Waals surface area contributed by atoms with Gasteiger partial charge >= 0.3 is 0 Å². The number of nitrogens with two attached hydrogens (primary N) is 1. The van der Waals surface area contributed by atoms with E-state index in [1.165, 1.54) is 37.7 Å². The molecule has 0 saturated heterocycles. The van der Waals surface area contributed by atoms with E-state index in [2.05, 4.69) is 19.1 Å². The van der Waals surface area contributed by atoms with Gasteiger partial charge < -0.3 is 5.73 Å². The lowest BCUT2D eigenvalue weighted by Crippen LogP contribution is -2.31. The summed E-state index contributed by atoms with van der Waals surface area (Å²) in [6.45, 7) is 2.14. The average molecular weight is 252 g/mol. The van der Waals surface area contributed by atoms with Crippen molar-refractivity contribution in [2.24, 2.45) is 11.7 Å². The molecule has 0 aromatic heterocycles. The minimum Gasteiger partial charge on any atom is -0.328 e. The number of halogens is 1. The number of hydrogen-bond acceptors (Lipinski definition) is 1. The third-order valence-corrected chi connectivity index (χ3v) is 4.39. The molecular formula is C15H22ClN. The summed E-state index contributed by atoms with van der Waals surface area (Å²) in [5.41, 5.74) is 7.48. The van der Waals surface area contributed by atoms with E-state index in [0.29, 0.717) is 11.8 Å². The molecule has 1 saturated carbocycles. The van der Waals surface area contributed by atoms with Crippen LogP contribution in [0.2, 0.25) is 5.02 Å². The highest BCUT2D eigenvalue weighted by Crippen LogP contribution is 2.40. The van der Waals surface area contributed by atoms with Gasteiger partial charge in [-0.15, -0.1) is 0 Å². The predicted molar refractivity (Wildman–Crippen MR) is 74.4 cm³/mol. The Morgan fingerprint density at radius 2 is 1.88 bits per heavy atom. The molecule has 0 spiro atoms. The summed E-state index contributed by atoms with van der Waals surface area (Å²) >= 11 is 6.34. The van der Waals surface area contributed by atoms with E-state index < -0.39 is 0 Å². The summed E-state index contributed by atoms with van der Waals surface area (Å²) in [6, 6.07) is 8.52. The van der Waals surface area contributed by atoms with Crippen molar-refractivity contribution in [2.75, 3.05) is 0 Å². The molecule has 1 aromatic rings. The second-order valence-electron chi connectivity index (χ2n) is 5.29. The molecule has 1 fully saturated rings. The maximum Gasteiger partial charge on any atom is 0.0440 e. The molecule has 1 aliphatic rings. The highest BCUT2D eigenvalue weighted by Gasteiger charge is 2.28. The van der Waals surface area contributed by atoms with E-state index in [4.69, 9.17) is 17.3 Å². The van der Waals surface area contributed by atoms with Crippen LogP contribution in [-0.4, -0.2) is 6.04 Å². The quantitative estimate of drug-likeness (QED) is 0.777. The fourth-order valence-corrected chi connectivity index (χ4v) is 3.40. The normalized spacial score (nSPS) is 27.5. The molecule has 1 nitrogen and oxygen atoms in total. The Labute approximate surface area is 109 Å². The Balaban J connectivity index is 2.29. The molecule has 2 N–H and O–H groups in total. The summed E-state index contributed by atoms with van der Waals surface area (Å²) in [5.74, 6) is 1.13. The van der Waals surface area contributed by atoms with Crippen LogP contribution >= 0.6 is 11.6 Å². The molecule has 0 amide bonds. The number of benzene rings is 1. The maximum atomic E-state index is 6.34. The molecule has 3 atom stereocenters. The molecule has 3 unspecified atom stereocenters. The molecule has 17 heavy (non-hydrogen) atoms. The molecule has 2 heteroatoms. The minimum absolute atomic E-state index is 0.259. The van der Waals surface area contributed by atoms with E-state index in [1.807, 2.05) is 12.1 Å². The lowest BCUT2D eigenvalue weighted by atomic mass is 9.79. The summed E-state index contributed by atoms with van der Waals surface area (Å²) in [6.07, 6.45) is 6.43. The number of hydrogen-bond donors (Lipinski definition) is 1. The fraction of sp³-hybridized carbons (Fsp3) is 0.600. The van der Waals surface area contributed by atoms with Crippen LogP contribution in [0.5, 0.6) is 0 Å². The lowest BCUT2D eigenvalue weighted by molar-refractivity contribution is 0.345. The summed E-state index contributed by atoms with van der Waals surface area (Å²) in [5, 5.41) is 0.907. The van der Waals surface area contributed by atoms with Crippen LogP contribution in [0.15, 0.2) is 24.3 Å². The van der Waals surface area contributed by atoms with Gasteiger partial charge in [0.05, 0.1) is 0 Å². The van der Waals surface area contributed by atoms with Crippen LogP contribution in [-0.2, 0) is 0 Å². The Kier molecular flexibility index (Phi) is 4.47. The van der Waals surface area contributed by atoms with E-state index in [1.54, 1.807) is 0 Å². The first-order valence-electron chi connectivity index (χ1n) is 6.70. The van der Waals surface area contributed by atoms with Gasteiger partial charge in [0.2, 0.25) is 0 Å². The van der Waals surface area contributed by atoms with Crippen molar-refractivity contribution < 1.29 is 0 Å². The highest BCUT2D eigenvalue weighted by atomic mass is 35.5. The van der Waals surface area contributed by atoms with Crippen LogP contribution in [0.4, 0.5) is 0 Å². The van der Waals surface area contributed by atoms with Crippen LogP contribution in [0.1, 0.15) is 50.5 Å². The SMILES string of the molecule is CC(N)C1CCCCCC1c1ccccc1Cl. The van der Waals surface area contributed by atoms with E-state index >= 15 is 0 Å². The first-order valence-corrected chi connectivity index (χ1v) is 7.08. The third kappa shape index (κ3) is 3.02. The Morgan fingerprint density at radius 1 is 1.18 bits per heavy atom. The van der Waals surface area contributed by atoms with Crippen LogP contribution in [0.3, 0.4) is 0 Å². The van der Waals surface area contributed by atoms with Gasteiger partial charge in [0, 0.05) is 11.1 Å². The smallest absolute Gasteiger partial charge is 0.0440 e. The predicted octanol–water partition coefficient (Wildman–Crippen LogP) is 4.35. The van der Waals surface area contributed by atoms with Crippen molar-refractivity contribution in [1.29, 1.82) is 0 Å². The van der Waals surface area contributed by atoms with Crippen molar-refractivity contribution in [3.05, 3.63) is 34.9 Å².